The molecule has 0 saturated carbocycles. The lowest BCUT2D eigenvalue weighted by atomic mass is 10.1. The number of methoxy groups -OCH3 is 1. The van der Waals surface area contributed by atoms with E-state index in [1.165, 1.54) is 36.3 Å². The van der Waals surface area contributed by atoms with Gasteiger partial charge in [0.25, 0.3) is 0 Å². The molecule has 1 N–H and O–H groups in total. The lowest BCUT2D eigenvalue weighted by Crippen LogP contribution is -2.32. The van der Waals surface area contributed by atoms with Gasteiger partial charge >= 0.3 is 0 Å². The number of hydrogen-bond donors (Lipinski definition) is 1. The lowest BCUT2D eigenvalue weighted by Gasteiger charge is -2.18. The summed E-state index contributed by atoms with van der Waals surface area (Å²) in [6, 6.07) is 9.09. The molecule has 1 aromatic carbocycles. The first-order chi connectivity index (χ1) is 9.80. The Morgan fingerprint density at radius 3 is 2.50 bits per heavy atom. The van der Waals surface area contributed by atoms with Crippen LogP contribution in [0.4, 0.5) is 0 Å². The molecular formula is C17H29NOS. The molecule has 1 unspecified atom stereocenters. The summed E-state index contributed by atoms with van der Waals surface area (Å²) < 4.78 is 5.20. The summed E-state index contributed by atoms with van der Waals surface area (Å²) in [5.74, 6) is 3.43. The smallest absolute Gasteiger partial charge is 0.118 e. The van der Waals surface area contributed by atoms with E-state index in [0.29, 0.717) is 6.04 Å². The van der Waals surface area contributed by atoms with Crippen LogP contribution in [-0.4, -0.2) is 31.2 Å². The molecule has 1 atom stereocenters. The third kappa shape index (κ3) is 7.20. The average molecular weight is 295 g/mol. The van der Waals surface area contributed by atoms with Crippen LogP contribution >= 0.6 is 11.8 Å². The second kappa shape index (κ2) is 11.0. The summed E-state index contributed by atoms with van der Waals surface area (Å²) in [6.07, 6.45) is 4.82. The second-order valence-corrected chi connectivity index (χ2v) is 6.26. The third-order valence-electron chi connectivity index (χ3n) is 3.29. The van der Waals surface area contributed by atoms with Crippen LogP contribution in [0.2, 0.25) is 0 Å². The second-order valence-electron chi connectivity index (χ2n) is 5.11. The van der Waals surface area contributed by atoms with Crippen molar-refractivity contribution < 1.29 is 4.74 Å². The molecule has 0 radical (unpaired) electrons. The summed E-state index contributed by atoms with van der Waals surface area (Å²) in [5.41, 5.74) is 1.40. The molecule has 1 rings (SSSR count). The van der Waals surface area contributed by atoms with Crippen LogP contribution in [0.15, 0.2) is 24.3 Å². The molecule has 20 heavy (non-hydrogen) atoms. The Kier molecular flexibility index (Phi) is 9.60. The first-order valence-corrected chi connectivity index (χ1v) is 8.89. The number of benzene rings is 1. The fourth-order valence-electron chi connectivity index (χ4n) is 2.10. The Morgan fingerprint density at radius 1 is 1.15 bits per heavy atom. The van der Waals surface area contributed by atoms with E-state index < -0.39 is 0 Å². The highest BCUT2D eigenvalue weighted by Gasteiger charge is 2.08. The zero-order chi connectivity index (χ0) is 14.6. The summed E-state index contributed by atoms with van der Waals surface area (Å²) in [6.45, 7) is 5.60. The monoisotopic (exact) mass is 295 g/mol. The number of hydrogen-bond acceptors (Lipinski definition) is 3. The molecule has 0 aliphatic heterocycles. The quantitative estimate of drug-likeness (QED) is 0.620. The topological polar surface area (TPSA) is 21.3 Å². The predicted octanol–water partition coefficient (Wildman–Crippen LogP) is 4.14. The Hall–Kier alpha value is -0.670. The molecule has 0 saturated heterocycles. The van der Waals surface area contributed by atoms with Crippen LogP contribution in [0, 0.1) is 0 Å². The maximum Gasteiger partial charge on any atom is 0.118 e. The van der Waals surface area contributed by atoms with E-state index in [1.54, 1.807) is 7.11 Å². The van der Waals surface area contributed by atoms with Crippen molar-refractivity contribution in [3.8, 4) is 5.75 Å². The van der Waals surface area contributed by atoms with E-state index in [4.69, 9.17) is 4.74 Å². The predicted molar refractivity (Wildman–Crippen MR) is 91.0 cm³/mol. The van der Waals surface area contributed by atoms with Gasteiger partial charge in [-0.3, -0.25) is 0 Å². The van der Waals surface area contributed by atoms with Gasteiger partial charge in [-0.15, -0.1) is 0 Å². The summed E-state index contributed by atoms with van der Waals surface area (Å²) in [4.78, 5) is 0. The molecule has 2 nitrogen and oxygen atoms in total. The van der Waals surface area contributed by atoms with Crippen molar-refractivity contribution in [3.05, 3.63) is 29.8 Å². The molecule has 0 bridgehead atoms. The molecule has 0 aliphatic carbocycles. The minimum absolute atomic E-state index is 0.633. The molecular weight excluding hydrogens is 266 g/mol. The van der Waals surface area contributed by atoms with Gasteiger partial charge in [0.15, 0.2) is 0 Å². The largest absolute Gasteiger partial charge is 0.497 e. The van der Waals surface area contributed by atoms with Crippen LogP contribution in [0.3, 0.4) is 0 Å². The van der Waals surface area contributed by atoms with Crippen molar-refractivity contribution in [3.63, 3.8) is 0 Å². The van der Waals surface area contributed by atoms with Gasteiger partial charge in [-0.2, -0.15) is 11.8 Å². The SMILES string of the molecule is CCCNC(CCc1ccc(OC)cc1)CSCCC. The van der Waals surface area contributed by atoms with Gasteiger partial charge in [0, 0.05) is 11.8 Å². The van der Waals surface area contributed by atoms with E-state index >= 15 is 0 Å². The van der Waals surface area contributed by atoms with Crippen LogP contribution in [-0.2, 0) is 6.42 Å². The van der Waals surface area contributed by atoms with Crippen molar-refractivity contribution in [1.29, 1.82) is 0 Å². The zero-order valence-corrected chi connectivity index (χ0v) is 14.0. The van der Waals surface area contributed by atoms with Gasteiger partial charge in [0.2, 0.25) is 0 Å². The van der Waals surface area contributed by atoms with Gasteiger partial charge in [-0.25, -0.2) is 0 Å². The number of nitrogens with one attached hydrogen (secondary N) is 1. The molecule has 0 aliphatic rings. The van der Waals surface area contributed by atoms with Gasteiger partial charge in [-0.1, -0.05) is 26.0 Å². The summed E-state index contributed by atoms with van der Waals surface area (Å²) in [7, 11) is 1.71. The van der Waals surface area contributed by atoms with Gasteiger partial charge in [-0.05, 0) is 55.7 Å². The minimum Gasteiger partial charge on any atom is -0.497 e. The normalized spacial score (nSPS) is 12.3. The van der Waals surface area contributed by atoms with Gasteiger partial charge in [0.1, 0.15) is 5.75 Å². The zero-order valence-electron chi connectivity index (χ0n) is 13.2. The molecule has 114 valence electrons. The molecule has 0 spiro atoms. The number of rotatable bonds is 11. The molecule has 0 fully saturated rings. The van der Waals surface area contributed by atoms with E-state index in [9.17, 15) is 0 Å². The van der Waals surface area contributed by atoms with Crippen LogP contribution < -0.4 is 10.1 Å². The molecule has 0 aromatic heterocycles. The standard InChI is InChI=1S/C17H29NOS/c1-4-12-18-16(14-20-13-5-2)9-6-15-7-10-17(19-3)11-8-15/h7-8,10-11,16,18H,4-6,9,12-14H2,1-3H3. The van der Waals surface area contributed by atoms with E-state index in [-0.39, 0.29) is 0 Å². The Balaban J connectivity index is 2.38. The van der Waals surface area contributed by atoms with Crippen molar-refractivity contribution >= 4 is 11.8 Å². The summed E-state index contributed by atoms with van der Waals surface area (Å²) in [5, 5.41) is 3.68. The third-order valence-corrected chi connectivity index (χ3v) is 4.63. The van der Waals surface area contributed by atoms with Crippen LogP contribution in [0.25, 0.3) is 0 Å². The Bertz CT molecular complexity index is 339. The maximum absolute atomic E-state index is 5.20. The average Bonchev–Trinajstić information content (AvgIpc) is 2.50. The first-order valence-electron chi connectivity index (χ1n) is 7.74. The number of aryl methyl sites for hydroxylation is 1. The van der Waals surface area contributed by atoms with Crippen LogP contribution in [0.5, 0.6) is 5.75 Å². The van der Waals surface area contributed by atoms with E-state index in [1.807, 2.05) is 0 Å². The van der Waals surface area contributed by atoms with Crippen molar-refractivity contribution in [1.82, 2.24) is 5.32 Å². The molecule has 1 aromatic rings. The minimum atomic E-state index is 0.633. The molecule has 0 heterocycles. The number of ether oxygens (including phenoxy) is 1. The Labute approximate surface area is 128 Å². The highest BCUT2D eigenvalue weighted by molar-refractivity contribution is 7.99. The van der Waals surface area contributed by atoms with Gasteiger partial charge < -0.3 is 10.1 Å². The van der Waals surface area contributed by atoms with E-state index in [2.05, 4.69) is 55.2 Å². The van der Waals surface area contributed by atoms with Crippen LogP contribution in [0.1, 0.15) is 38.7 Å². The Morgan fingerprint density at radius 2 is 1.90 bits per heavy atom. The van der Waals surface area contributed by atoms with Crippen molar-refractivity contribution in [2.24, 2.45) is 0 Å². The van der Waals surface area contributed by atoms with Crippen molar-refractivity contribution in [2.75, 3.05) is 25.2 Å². The van der Waals surface area contributed by atoms with E-state index in [0.717, 1.165) is 18.7 Å². The summed E-state index contributed by atoms with van der Waals surface area (Å²) >= 11 is 2.07. The van der Waals surface area contributed by atoms with Gasteiger partial charge in [0.05, 0.1) is 7.11 Å². The number of thioether (sulfide) groups is 1. The molecule has 0 amide bonds. The maximum atomic E-state index is 5.20. The fraction of sp³-hybridized carbons (Fsp3) is 0.647. The highest BCUT2D eigenvalue weighted by atomic mass is 32.2. The van der Waals surface area contributed by atoms with Crippen molar-refractivity contribution in [2.45, 2.75) is 45.6 Å². The highest BCUT2D eigenvalue weighted by Crippen LogP contribution is 2.15. The first kappa shape index (κ1) is 17.4. The molecule has 3 heteroatoms. The fourth-order valence-corrected chi connectivity index (χ4v) is 3.12. The lowest BCUT2D eigenvalue weighted by molar-refractivity contribution is 0.414.